The van der Waals surface area contributed by atoms with Crippen molar-refractivity contribution in [1.29, 1.82) is 5.26 Å². The van der Waals surface area contributed by atoms with E-state index in [4.69, 9.17) is 20.2 Å². The fourth-order valence-corrected chi connectivity index (χ4v) is 3.14. The van der Waals surface area contributed by atoms with Gasteiger partial charge in [0.25, 0.3) is 0 Å². The number of benzene rings is 2. The summed E-state index contributed by atoms with van der Waals surface area (Å²) >= 11 is 0. The Morgan fingerprint density at radius 2 is 1.77 bits per heavy atom. The van der Waals surface area contributed by atoms with Crippen molar-refractivity contribution < 1.29 is 24.5 Å². The second kappa shape index (κ2) is 9.52. The van der Waals surface area contributed by atoms with E-state index in [1.165, 1.54) is 0 Å². The lowest BCUT2D eigenvalue weighted by molar-refractivity contribution is -0.154. The molecule has 9 nitrogen and oxygen atoms in total. The van der Waals surface area contributed by atoms with Crippen molar-refractivity contribution in [3.8, 4) is 23.1 Å². The molecule has 0 aliphatic carbocycles. The monoisotopic (exact) mass is 408 g/mol. The van der Waals surface area contributed by atoms with Crippen LogP contribution in [0, 0.1) is 17.2 Å². The Morgan fingerprint density at radius 1 is 1.03 bits per heavy atom. The van der Waals surface area contributed by atoms with Crippen molar-refractivity contribution in [2.24, 2.45) is 5.92 Å². The predicted octanol–water partition coefficient (Wildman–Crippen LogP) is 3.22. The first-order chi connectivity index (χ1) is 14.5. The molecule has 154 valence electrons. The van der Waals surface area contributed by atoms with E-state index in [9.17, 15) is 9.59 Å². The van der Waals surface area contributed by atoms with E-state index in [0.717, 1.165) is 16.3 Å². The van der Waals surface area contributed by atoms with E-state index < -0.39 is 17.9 Å². The maximum Gasteiger partial charge on any atom is 0.317 e. The number of carboxylic acid groups (broad SMARTS) is 2. The van der Waals surface area contributed by atoms with Crippen LogP contribution in [-0.4, -0.2) is 44.2 Å². The largest absolute Gasteiger partial charge is 0.494 e. The molecule has 0 radical (unpaired) electrons. The fourth-order valence-electron chi connectivity index (χ4n) is 3.14. The molecule has 0 aliphatic rings. The van der Waals surface area contributed by atoms with Crippen LogP contribution in [0.4, 0.5) is 0 Å². The molecule has 30 heavy (non-hydrogen) atoms. The SMILES string of the molecule is N#Cc1n[nH]nc1-c1ccc2cc(OCCCCCC(C(=O)O)C(=O)O)ccc2c1. The molecule has 0 spiro atoms. The van der Waals surface area contributed by atoms with Crippen molar-refractivity contribution in [3.05, 3.63) is 42.1 Å². The third-order valence-electron chi connectivity index (χ3n) is 4.74. The minimum absolute atomic E-state index is 0.113. The number of carboxylic acids is 2. The Hall–Kier alpha value is -3.93. The van der Waals surface area contributed by atoms with Gasteiger partial charge < -0.3 is 14.9 Å². The van der Waals surface area contributed by atoms with Gasteiger partial charge in [-0.1, -0.05) is 31.0 Å². The highest BCUT2D eigenvalue weighted by atomic mass is 16.5. The average Bonchev–Trinajstić information content (AvgIpc) is 3.21. The number of carbonyl (C=O) groups is 2. The zero-order chi connectivity index (χ0) is 21.5. The van der Waals surface area contributed by atoms with E-state index in [1.807, 2.05) is 42.5 Å². The first-order valence-corrected chi connectivity index (χ1v) is 9.43. The number of nitrogens with zero attached hydrogens (tertiary/aromatic N) is 3. The third kappa shape index (κ3) is 4.91. The molecular weight excluding hydrogens is 388 g/mol. The standard InChI is InChI=1S/C21H20N4O5/c22-12-18-19(24-25-23-18)15-6-5-14-11-16(8-7-13(14)10-15)30-9-3-1-2-4-17(20(26)27)21(28)29/h5-8,10-11,17H,1-4,9H2,(H,26,27)(H,28,29)(H,23,24,25). The van der Waals surface area contributed by atoms with E-state index in [2.05, 4.69) is 15.4 Å². The molecule has 3 aromatic rings. The van der Waals surface area contributed by atoms with Crippen molar-refractivity contribution in [2.45, 2.75) is 25.7 Å². The normalized spacial score (nSPS) is 10.8. The van der Waals surface area contributed by atoms with E-state index in [0.29, 0.717) is 37.3 Å². The summed E-state index contributed by atoms with van der Waals surface area (Å²) in [6.45, 7) is 0.457. The summed E-state index contributed by atoms with van der Waals surface area (Å²) in [5.74, 6) is -3.24. The number of aliphatic carboxylic acids is 2. The van der Waals surface area contributed by atoms with Crippen molar-refractivity contribution in [1.82, 2.24) is 15.4 Å². The second-order valence-corrected chi connectivity index (χ2v) is 6.78. The Labute approximate surface area is 171 Å². The summed E-state index contributed by atoms with van der Waals surface area (Å²) in [7, 11) is 0. The van der Waals surface area contributed by atoms with Crippen LogP contribution in [0.1, 0.15) is 31.4 Å². The number of rotatable bonds is 10. The quantitative estimate of drug-likeness (QED) is 0.342. The van der Waals surface area contributed by atoms with E-state index in [1.54, 1.807) is 0 Å². The highest BCUT2D eigenvalue weighted by molar-refractivity contribution is 5.92. The van der Waals surface area contributed by atoms with Gasteiger partial charge in [-0.2, -0.15) is 15.6 Å². The third-order valence-corrected chi connectivity index (χ3v) is 4.74. The molecule has 0 amide bonds. The molecule has 2 aromatic carbocycles. The Morgan fingerprint density at radius 3 is 2.50 bits per heavy atom. The lowest BCUT2D eigenvalue weighted by Gasteiger charge is -2.09. The van der Waals surface area contributed by atoms with Gasteiger partial charge in [0, 0.05) is 5.56 Å². The first-order valence-electron chi connectivity index (χ1n) is 9.43. The number of nitrogens with one attached hydrogen (secondary N) is 1. The van der Waals surface area contributed by atoms with Crippen LogP contribution < -0.4 is 4.74 Å². The maximum atomic E-state index is 10.8. The molecule has 0 aliphatic heterocycles. The highest BCUT2D eigenvalue weighted by Gasteiger charge is 2.24. The molecular formula is C21H20N4O5. The Kier molecular flexibility index (Phi) is 6.60. The fraction of sp³-hybridized carbons (Fsp3) is 0.286. The van der Waals surface area contributed by atoms with Gasteiger partial charge in [-0.15, -0.1) is 5.10 Å². The zero-order valence-corrected chi connectivity index (χ0v) is 16.0. The number of hydrogen-bond donors (Lipinski definition) is 3. The van der Waals surface area contributed by atoms with Gasteiger partial charge in [-0.25, -0.2) is 0 Å². The topological polar surface area (TPSA) is 149 Å². The van der Waals surface area contributed by atoms with Crippen molar-refractivity contribution in [2.75, 3.05) is 6.61 Å². The molecule has 1 heterocycles. The molecule has 0 bridgehead atoms. The Bertz CT molecular complexity index is 1090. The van der Waals surface area contributed by atoms with Crippen LogP contribution in [-0.2, 0) is 9.59 Å². The molecule has 3 N–H and O–H groups in total. The highest BCUT2D eigenvalue weighted by Crippen LogP contribution is 2.27. The molecule has 0 fully saturated rings. The number of H-pyrrole nitrogens is 1. The van der Waals surface area contributed by atoms with Crippen molar-refractivity contribution in [3.63, 3.8) is 0 Å². The van der Waals surface area contributed by atoms with Crippen LogP contribution in [0.2, 0.25) is 0 Å². The van der Waals surface area contributed by atoms with Crippen LogP contribution >= 0.6 is 0 Å². The second-order valence-electron chi connectivity index (χ2n) is 6.78. The number of aromatic nitrogens is 3. The van der Waals surface area contributed by atoms with Crippen molar-refractivity contribution >= 4 is 22.7 Å². The molecule has 3 rings (SSSR count). The number of hydrogen-bond acceptors (Lipinski definition) is 6. The maximum absolute atomic E-state index is 10.8. The summed E-state index contributed by atoms with van der Waals surface area (Å²) in [6.07, 6.45) is 2.01. The summed E-state index contributed by atoms with van der Waals surface area (Å²) in [4.78, 5) is 21.7. The number of fused-ring (bicyclic) bond motifs is 1. The molecule has 1 aromatic heterocycles. The van der Waals surface area contributed by atoms with Crippen LogP contribution in [0.5, 0.6) is 5.75 Å². The van der Waals surface area contributed by atoms with Crippen LogP contribution in [0.15, 0.2) is 36.4 Å². The molecule has 0 unspecified atom stereocenters. The minimum Gasteiger partial charge on any atom is -0.494 e. The van der Waals surface area contributed by atoms with Gasteiger partial charge in [-0.05, 0) is 41.8 Å². The number of ether oxygens (including phenoxy) is 1. The van der Waals surface area contributed by atoms with Crippen LogP contribution in [0.3, 0.4) is 0 Å². The van der Waals surface area contributed by atoms with E-state index in [-0.39, 0.29) is 12.1 Å². The number of nitriles is 1. The van der Waals surface area contributed by atoms with Gasteiger partial charge in [0.1, 0.15) is 17.5 Å². The van der Waals surface area contributed by atoms with E-state index >= 15 is 0 Å². The van der Waals surface area contributed by atoms with Gasteiger partial charge in [0.2, 0.25) is 0 Å². The smallest absolute Gasteiger partial charge is 0.317 e. The molecule has 9 heteroatoms. The summed E-state index contributed by atoms with van der Waals surface area (Å²) in [5, 5.41) is 39.0. The van der Waals surface area contributed by atoms with Crippen LogP contribution in [0.25, 0.3) is 22.0 Å². The predicted molar refractivity (Wildman–Crippen MR) is 107 cm³/mol. The first kappa shape index (κ1) is 20.8. The van der Waals surface area contributed by atoms with Gasteiger partial charge in [0.15, 0.2) is 11.6 Å². The van der Waals surface area contributed by atoms with Gasteiger partial charge in [0.05, 0.1) is 6.61 Å². The summed E-state index contributed by atoms with van der Waals surface area (Å²) in [5.41, 5.74) is 1.54. The summed E-state index contributed by atoms with van der Waals surface area (Å²) in [6, 6.07) is 13.4. The number of aromatic amines is 1. The van der Waals surface area contributed by atoms with Gasteiger partial charge in [-0.3, -0.25) is 9.59 Å². The lowest BCUT2D eigenvalue weighted by atomic mass is 10.0. The molecule has 0 saturated heterocycles. The Balaban J connectivity index is 1.53. The summed E-state index contributed by atoms with van der Waals surface area (Å²) < 4.78 is 5.75. The van der Waals surface area contributed by atoms with Gasteiger partial charge >= 0.3 is 11.9 Å². The zero-order valence-electron chi connectivity index (χ0n) is 16.0. The number of unbranched alkanes of at least 4 members (excludes halogenated alkanes) is 2. The molecule has 0 atom stereocenters. The lowest BCUT2D eigenvalue weighted by Crippen LogP contribution is -2.23. The average molecular weight is 408 g/mol. The minimum atomic E-state index is -1.35. The molecule has 0 saturated carbocycles.